The van der Waals surface area contributed by atoms with E-state index in [1.54, 1.807) is 11.3 Å². The van der Waals surface area contributed by atoms with Crippen LogP contribution in [0.25, 0.3) is 0 Å². The third kappa shape index (κ3) is 3.21. The first-order chi connectivity index (χ1) is 9.06. The Morgan fingerprint density at radius 1 is 1.58 bits per heavy atom. The van der Waals surface area contributed by atoms with Crippen LogP contribution >= 0.6 is 38.9 Å². The minimum absolute atomic E-state index is 0.251. The van der Waals surface area contributed by atoms with E-state index in [9.17, 15) is 0 Å². The van der Waals surface area contributed by atoms with Crippen LogP contribution < -0.4 is 5.32 Å². The van der Waals surface area contributed by atoms with Gasteiger partial charge in [-0.15, -0.1) is 11.3 Å². The van der Waals surface area contributed by atoms with Crippen molar-refractivity contribution in [3.05, 3.63) is 37.2 Å². The lowest BCUT2D eigenvalue weighted by atomic mass is 10.1. The van der Waals surface area contributed by atoms with Crippen molar-refractivity contribution >= 4 is 38.9 Å². The number of halogens is 2. The zero-order chi connectivity index (χ0) is 14.0. The summed E-state index contributed by atoms with van der Waals surface area (Å²) in [5.74, 6) is 0. The number of aromatic nitrogens is 2. The maximum Gasteiger partial charge on any atom is 0.0847 e. The molecule has 3 nitrogen and oxygen atoms in total. The van der Waals surface area contributed by atoms with Crippen molar-refractivity contribution < 1.29 is 0 Å². The summed E-state index contributed by atoms with van der Waals surface area (Å²) >= 11 is 11.6. The molecule has 0 aliphatic heterocycles. The first kappa shape index (κ1) is 15.0. The molecule has 0 saturated carbocycles. The molecule has 104 valence electrons. The summed E-state index contributed by atoms with van der Waals surface area (Å²) in [4.78, 5) is 0. The van der Waals surface area contributed by atoms with Crippen molar-refractivity contribution in [2.45, 2.75) is 32.9 Å². The van der Waals surface area contributed by atoms with Crippen LogP contribution in [0.4, 0.5) is 0 Å². The van der Waals surface area contributed by atoms with Gasteiger partial charge in [-0.05, 0) is 53.8 Å². The van der Waals surface area contributed by atoms with E-state index in [1.807, 2.05) is 18.7 Å². The minimum Gasteiger partial charge on any atom is -0.313 e. The number of aryl methyl sites for hydroxylation is 2. The van der Waals surface area contributed by atoms with E-state index in [2.05, 4.69) is 44.7 Å². The summed E-state index contributed by atoms with van der Waals surface area (Å²) in [6.07, 6.45) is 0.840. The van der Waals surface area contributed by atoms with E-state index in [1.165, 1.54) is 5.56 Å². The Hall–Kier alpha value is -0.360. The zero-order valence-electron chi connectivity index (χ0n) is 11.2. The lowest BCUT2D eigenvalue weighted by Gasteiger charge is -2.16. The number of nitrogens with one attached hydrogen (secondary N) is 1. The first-order valence-electron chi connectivity index (χ1n) is 6.19. The highest BCUT2D eigenvalue weighted by molar-refractivity contribution is 9.11. The van der Waals surface area contributed by atoms with Crippen LogP contribution in [0.2, 0.25) is 5.02 Å². The summed E-state index contributed by atoms with van der Waals surface area (Å²) in [7, 11) is 1.98. The Morgan fingerprint density at radius 3 is 2.84 bits per heavy atom. The predicted octanol–water partition coefficient (Wildman–Crippen LogP) is 4.19. The van der Waals surface area contributed by atoms with Gasteiger partial charge in [0.1, 0.15) is 0 Å². The van der Waals surface area contributed by atoms with Gasteiger partial charge in [-0.2, -0.15) is 5.10 Å². The van der Waals surface area contributed by atoms with E-state index >= 15 is 0 Å². The number of hydrogen-bond donors (Lipinski definition) is 1. The fraction of sp³-hybridized carbons (Fsp3) is 0.462. The van der Waals surface area contributed by atoms with Crippen LogP contribution in [-0.2, 0) is 13.0 Å². The molecule has 0 aliphatic carbocycles. The lowest BCUT2D eigenvalue weighted by Crippen LogP contribution is -2.20. The van der Waals surface area contributed by atoms with Crippen LogP contribution in [-0.4, -0.2) is 16.8 Å². The Bertz CT molecular complexity index is 564. The lowest BCUT2D eigenvalue weighted by molar-refractivity contribution is 0.542. The normalized spacial score (nSPS) is 12.9. The predicted molar refractivity (Wildman–Crippen MR) is 85.2 cm³/mol. The van der Waals surface area contributed by atoms with Crippen molar-refractivity contribution in [2.24, 2.45) is 0 Å². The summed E-state index contributed by atoms with van der Waals surface area (Å²) in [6.45, 7) is 4.88. The maximum absolute atomic E-state index is 6.37. The number of likely N-dealkylation sites (N-methyl/N-ethyl adjacent to an activating group) is 1. The zero-order valence-corrected chi connectivity index (χ0v) is 14.4. The second kappa shape index (κ2) is 6.39. The molecule has 2 aromatic heterocycles. The average Bonchev–Trinajstić information content (AvgIpc) is 2.93. The second-order valence-corrected chi connectivity index (χ2v) is 7.06. The van der Waals surface area contributed by atoms with Crippen molar-refractivity contribution in [1.82, 2.24) is 15.1 Å². The van der Waals surface area contributed by atoms with E-state index < -0.39 is 0 Å². The van der Waals surface area contributed by atoms with Gasteiger partial charge in [-0.25, -0.2) is 0 Å². The molecule has 1 N–H and O–H groups in total. The smallest absolute Gasteiger partial charge is 0.0847 e. The van der Waals surface area contributed by atoms with E-state index in [4.69, 9.17) is 11.6 Å². The molecule has 2 aromatic rings. The van der Waals surface area contributed by atoms with E-state index in [-0.39, 0.29) is 6.04 Å². The molecule has 0 bridgehead atoms. The van der Waals surface area contributed by atoms with Crippen molar-refractivity contribution in [2.75, 3.05) is 7.05 Å². The molecule has 0 spiro atoms. The monoisotopic (exact) mass is 361 g/mol. The molecule has 0 radical (unpaired) electrons. The molecule has 0 aliphatic rings. The molecule has 1 atom stereocenters. The quantitative estimate of drug-likeness (QED) is 0.864. The van der Waals surface area contributed by atoms with E-state index in [0.717, 1.165) is 33.2 Å². The van der Waals surface area contributed by atoms with Crippen LogP contribution in [0, 0.1) is 6.92 Å². The van der Waals surface area contributed by atoms with Crippen molar-refractivity contribution in [1.29, 1.82) is 0 Å². The highest BCUT2D eigenvalue weighted by Gasteiger charge is 2.19. The molecular weight excluding hydrogens is 346 g/mol. The third-order valence-corrected chi connectivity index (χ3v) is 5.20. The molecule has 2 heterocycles. The second-order valence-electron chi connectivity index (χ2n) is 4.39. The molecule has 0 saturated heterocycles. The van der Waals surface area contributed by atoms with Gasteiger partial charge in [0, 0.05) is 19.0 Å². The Labute approximate surface area is 131 Å². The summed E-state index contributed by atoms with van der Waals surface area (Å²) in [5, 5.41) is 10.8. The van der Waals surface area contributed by atoms with Gasteiger partial charge in [0.15, 0.2) is 0 Å². The Morgan fingerprint density at radius 2 is 2.32 bits per heavy atom. The largest absolute Gasteiger partial charge is 0.313 e. The number of hydrogen-bond acceptors (Lipinski definition) is 3. The minimum atomic E-state index is 0.251. The van der Waals surface area contributed by atoms with Gasteiger partial charge < -0.3 is 5.32 Å². The van der Waals surface area contributed by atoms with Crippen LogP contribution in [0.1, 0.15) is 29.9 Å². The van der Waals surface area contributed by atoms with Crippen molar-refractivity contribution in [3.8, 4) is 0 Å². The highest BCUT2D eigenvalue weighted by atomic mass is 79.9. The molecule has 2 rings (SSSR count). The summed E-state index contributed by atoms with van der Waals surface area (Å²) in [6, 6.07) is 2.40. The molecule has 0 fully saturated rings. The molecule has 0 amide bonds. The number of rotatable bonds is 5. The van der Waals surface area contributed by atoms with Gasteiger partial charge in [0.25, 0.3) is 0 Å². The molecule has 6 heteroatoms. The van der Waals surface area contributed by atoms with Crippen LogP contribution in [0.15, 0.2) is 15.2 Å². The van der Waals surface area contributed by atoms with Gasteiger partial charge in [-0.1, -0.05) is 11.6 Å². The maximum atomic E-state index is 6.37. The number of nitrogens with zero attached hydrogens (tertiary/aromatic N) is 2. The van der Waals surface area contributed by atoms with Gasteiger partial charge in [0.2, 0.25) is 0 Å². The first-order valence-corrected chi connectivity index (χ1v) is 8.24. The fourth-order valence-electron chi connectivity index (χ4n) is 2.15. The van der Waals surface area contributed by atoms with Crippen LogP contribution in [0.5, 0.6) is 0 Å². The molecular formula is C13H17BrClN3S. The Balaban J connectivity index is 2.28. The summed E-state index contributed by atoms with van der Waals surface area (Å²) in [5.41, 5.74) is 3.28. The Kier molecular flexibility index (Phi) is 5.06. The van der Waals surface area contributed by atoms with E-state index in [0.29, 0.717) is 0 Å². The van der Waals surface area contributed by atoms with Crippen LogP contribution in [0.3, 0.4) is 0 Å². The van der Waals surface area contributed by atoms with Gasteiger partial charge in [-0.3, -0.25) is 4.68 Å². The topological polar surface area (TPSA) is 29.9 Å². The SMILES string of the molecule is CCn1nc(C)c(Cl)c1CC(NC)c1csc(Br)c1. The standard InChI is InChI=1S/C13H17BrClN3S/c1-4-18-11(13(15)8(2)17-18)6-10(16-3)9-5-12(14)19-7-9/h5,7,10,16H,4,6H2,1-3H3. The molecule has 0 aromatic carbocycles. The van der Waals surface area contributed by atoms with Crippen molar-refractivity contribution in [3.63, 3.8) is 0 Å². The third-order valence-electron chi connectivity index (χ3n) is 3.19. The van der Waals surface area contributed by atoms with Gasteiger partial charge >= 0.3 is 0 Å². The highest BCUT2D eigenvalue weighted by Crippen LogP contribution is 2.30. The molecule has 19 heavy (non-hydrogen) atoms. The fourth-order valence-corrected chi connectivity index (χ4v) is 3.59. The average molecular weight is 363 g/mol. The summed E-state index contributed by atoms with van der Waals surface area (Å²) < 4.78 is 3.14. The number of thiophene rings is 1. The van der Waals surface area contributed by atoms with Gasteiger partial charge in [0.05, 0.1) is 20.2 Å². The molecule has 1 unspecified atom stereocenters.